The number of nitrogens with one attached hydrogen (secondary N) is 1. The molecule has 544 valence electrons. The predicted octanol–water partition coefficient (Wildman–Crippen LogP) is 26.9. The van der Waals surface area contributed by atoms with Gasteiger partial charge in [-0.3, -0.25) is 13.8 Å². The summed E-state index contributed by atoms with van der Waals surface area (Å²) in [6, 6.07) is -0.871. The molecule has 0 radical (unpaired) electrons. The van der Waals surface area contributed by atoms with Gasteiger partial charge in [0.2, 0.25) is 5.91 Å². The number of phosphoric acid groups is 1. The van der Waals surface area contributed by atoms with Crippen molar-refractivity contribution in [1.29, 1.82) is 0 Å². The number of amides is 1. The Hall–Kier alpha value is -1.54. The van der Waals surface area contributed by atoms with Gasteiger partial charge in [-0.25, -0.2) is 4.57 Å². The highest BCUT2D eigenvalue weighted by molar-refractivity contribution is 7.47. The van der Waals surface area contributed by atoms with E-state index in [0.29, 0.717) is 17.4 Å². The van der Waals surface area contributed by atoms with Crippen LogP contribution >= 0.6 is 7.82 Å². The first-order valence-electron chi connectivity index (χ1n) is 41.0. The van der Waals surface area contributed by atoms with Gasteiger partial charge < -0.3 is 19.8 Å². The van der Waals surface area contributed by atoms with Crippen molar-refractivity contribution in [1.82, 2.24) is 5.32 Å². The standard InChI is InChI=1S/C83H161N2O6P/c1-6-8-10-12-14-16-18-20-22-24-26-28-30-32-34-36-37-38-39-40-41-42-43-44-45-46-47-49-51-53-55-57-59-61-63-65-67-69-71-73-75-77-83(87)84-81(80-91-92(88,89)90-79-78-85(3,4)5)82(86)76-74-72-70-68-66-64-62-60-58-56-54-52-50-48-35-33-31-29-27-25-23-21-19-17-15-13-11-9-7-2/h24,26,58,60,66,68,74,76,81-82,86H,6-23,25,27-57,59,61-65,67,69-73,75,77-80H2,1-5H3,(H-,84,87,88,89)/p+1/b26-24-,60-58+,68-66+,76-74+. The molecule has 0 saturated heterocycles. The van der Waals surface area contributed by atoms with Gasteiger partial charge >= 0.3 is 7.82 Å². The molecule has 9 heteroatoms. The Morgan fingerprint density at radius 2 is 0.598 bits per heavy atom. The molecule has 0 bridgehead atoms. The molecule has 3 unspecified atom stereocenters. The number of phosphoric ester groups is 1. The fourth-order valence-electron chi connectivity index (χ4n) is 12.7. The molecular formula is C83H162N2O6P+. The second kappa shape index (κ2) is 73.7. The molecule has 0 aliphatic rings. The molecule has 0 aliphatic heterocycles. The number of hydrogen-bond donors (Lipinski definition) is 3. The van der Waals surface area contributed by atoms with Crippen LogP contribution in [0.3, 0.4) is 0 Å². The molecule has 3 atom stereocenters. The zero-order valence-corrected chi connectivity index (χ0v) is 63.5. The lowest BCUT2D eigenvalue weighted by Gasteiger charge is -2.25. The van der Waals surface area contributed by atoms with E-state index in [1.165, 1.54) is 360 Å². The molecule has 0 rings (SSSR count). The summed E-state index contributed by atoms with van der Waals surface area (Å²) in [5.74, 6) is -0.182. The summed E-state index contributed by atoms with van der Waals surface area (Å²) >= 11 is 0. The summed E-state index contributed by atoms with van der Waals surface area (Å²) in [6.45, 7) is 4.85. The van der Waals surface area contributed by atoms with Gasteiger partial charge in [-0.05, 0) is 70.6 Å². The van der Waals surface area contributed by atoms with Crippen molar-refractivity contribution in [2.45, 2.75) is 437 Å². The van der Waals surface area contributed by atoms with E-state index in [-0.39, 0.29) is 19.1 Å². The van der Waals surface area contributed by atoms with E-state index in [9.17, 15) is 19.4 Å². The van der Waals surface area contributed by atoms with E-state index in [1.54, 1.807) is 6.08 Å². The van der Waals surface area contributed by atoms with Crippen molar-refractivity contribution < 1.29 is 32.9 Å². The maximum atomic E-state index is 13.1. The lowest BCUT2D eigenvalue weighted by atomic mass is 10.0. The Morgan fingerprint density at radius 3 is 0.870 bits per heavy atom. The van der Waals surface area contributed by atoms with Crippen LogP contribution in [0.15, 0.2) is 48.6 Å². The monoisotopic (exact) mass is 1310 g/mol. The fourth-order valence-corrected chi connectivity index (χ4v) is 13.4. The molecule has 0 saturated carbocycles. The van der Waals surface area contributed by atoms with Crippen molar-refractivity contribution >= 4 is 13.7 Å². The lowest BCUT2D eigenvalue weighted by molar-refractivity contribution is -0.870. The van der Waals surface area contributed by atoms with Crippen molar-refractivity contribution in [3.8, 4) is 0 Å². The number of likely N-dealkylation sites (N-methyl/N-ethyl adjacent to an activating group) is 1. The highest BCUT2D eigenvalue weighted by atomic mass is 31.2. The van der Waals surface area contributed by atoms with Crippen LogP contribution in [0.2, 0.25) is 0 Å². The Balaban J connectivity index is 3.94. The first kappa shape index (κ1) is 90.5. The maximum absolute atomic E-state index is 13.1. The fraction of sp³-hybridized carbons (Fsp3) is 0.892. The number of quaternary nitrogens is 1. The molecule has 0 aromatic rings. The van der Waals surface area contributed by atoms with E-state index in [1.807, 2.05) is 27.2 Å². The normalized spacial score (nSPS) is 13.7. The van der Waals surface area contributed by atoms with Gasteiger partial charge in [-0.2, -0.15) is 0 Å². The zero-order valence-electron chi connectivity index (χ0n) is 62.6. The van der Waals surface area contributed by atoms with Crippen LogP contribution in [0.4, 0.5) is 0 Å². The molecule has 0 aromatic carbocycles. The Morgan fingerprint density at radius 1 is 0.359 bits per heavy atom. The number of aliphatic hydroxyl groups is 1. The van der Waals surface area contributed by atoms with Crippen molar-refractivity contribution in [3.05, 3.63) is 48.6 Å². The second-order valence-corrected chi connectivity index (χ2v) is 30.9. The molecule has 0 aliphatic carbocycles. The largest absolute Gasteiger partial charge is 0.472 e. The Labute approximate surface area is 575 Å². The van der Waals surface area contributed by atoms with Crippen LogP contribution in [-0.2, 0) is 18.4 Å². The Kier molecular flexibility index (Phi) is 72.5. The van der Waals surface area contributed by atoms with Crippen molar-refractivity contribution in [2.75, 3.05) is 40.9 Å². The van der Waals surface area contributed by atoms with Crippen LogP contribution < -0.4 is 5.32 Å². The maximum Gasteiger partial charge on any atom is 0.472 e. The van der Waals surface area contributed by atoms with Crippen LogP contribution in [0.1, 0.15) is 425 Å². The zero-order chi connectivity index (χ0) is 66.9. The van der Waals surface area contributed by atoms with Gasteiger partial charge in [0.15, 0.2) is 0 Å². The molecule has 0 fully saturated rings. The van der Waals surface area contributed by atoms with E-state index in [4.69, 9.17) is 9.05 Å². The molecule has 1 amide bonds. The highest BCUT2D eigenvalue weighted by Crippen LogP contribution is 2.43. The van der Waals surface area contributed by atoms with Crippen LogP contribution in [0, 0.1) is 0 Å². The number of unbranched alkanes of at least 4 members (excludes halogenated alkanes) is 58. The van der Waals surface area contributed by atoms with Crippen LogP contribution in [-0.4, -0.2) is 73.4 Å². The van der Waals surface area contributed by atoms with Crippen LogP contribution in [0.5, 0.6) is 0 Å². The van der Waals surface area contributed by atoms with Crippen molar-refractivity contribution in [2.24, 2.45) is 0 Å². The lowest BCUT2D eigenvalue weighted by Crippen LogP contribution is -2.45. The van der Waals surface area contributed by atoms with E-state index in [0.717, 1.165) is 44.9 Å². The third-order valence-electron chi connectivity index (χ3n) is 19.0. The number of aliphatic hydroxyl groups excluding tert-OH is 1. The quantitative estimate of drug-likeness (QED) is 0.0243. The van der Waals surface area contributed by atoms with Gasteiger partial charge in [0.05, 0.1) is 39.9 Å². The van der Waals surface area contributed by atoms with Crippen molar-refractivity contribution in [3.63, 3.8) is 0 Å². The topological polar surface area (TPSA) is 105 Å². The Bertz CT molecular complexity index is 1640. The van der Waals surface area contributed by atoms with Gasteiger partial charge in [0, 0.05) is 6.42 Å². The SMILES string of the molecule is CCCCCCCCCC/C=C\CCCCCCCCCCCCCCCCCCCCCCCCCCCCCCCC(=O)NC(COP(=O)(O)OCC[N+](C)(C)C)C(O)/C=C/CC/C=C/CC/C=C/CCCCCCCCCCCCCCCCCCCCC. The minimum absolute atomic E-state index is 0.0550. The van der Waals surface area contributed by atoms with Gasteiger partial charge in [-0.1, -0.05) is 396 Å². The molecule has 3 N–H and O–H groups in total. The van der Waals surface area contributed by atoms with E-state index < -0.39 is 20.0 Å². The summed E-state index contributed by atoms with van der Waals surface area (Å²) in [4.78, 5) is 23.5. The summed E-state index contributed by atoms with van der Waals surface area (Å²) in [6.07, 6.45) is 102. The molecule has 0 heterocycles. The minimum atomic E-state index is -4.37. The molecule has 0 aromatic heterocycles. The van der Waals surface area contributed by atoms with Gasteiger partial charge in [-0.15, -0.1) is 0 Å². The predicted molar refractivity (Wildman–Crippen MR) is 406 cm³/mol. The highest BCUT2D eigenvalue weighted by Gasteiger charge is 2.28. The summed E-state index contributed by atoms with van der Waals surface area (Å²) < 4.78 is 23.9. The summed E-state index contributed by atoms with van der Waals surface area (Å²) in [5, 5.41) is 14.0. The summed E-state index contributed by atoms with van der Waals surface area (Å²) in [5.41, 5.74) is 0. The molecule has 8 nitrogen and oxygen atoms in total. The average Bonchev–Trinajstić information content (AvgIpc) is 2.63. The number of carbonyl (C=O) groups excluding carboxylic acids is 1. The van der Waals surface area contributed by atoms with Gasteiger partial charge in [0.1, 0.15) is 13.2 Å². The third kappa shape index (κ3) is 75.8. The molecule has 0 spiro atoms. The number of hydrogen-bond acceptors (Lipinski definition) is 5. The van der Waals surface area contributed by atoms with Crippen LogP contribution in [0.25, 0.3) is 0 Å². The smallest absolute Gasteiger partial charge is 0.387 e. The number of carbonyl (C=O) groups is 1. The molecular weight excluding hydrogens is 1150 g/mol. The first-order chi connectivity index (χ1) is 45.0. The first-order valence-corrected chi connectivity index (χ1v) is 42.5. The third-order valence-corrected chi connectivity index (χ3v) is 20.0. The second-order valence-electron chi connectivity index (χ2n) is 29.5. The number of rotatable bonds is 77. The van der Waals surface area contributed by atoms with E-state index in [2.05, 4.69) is 55.6 Å². The number of allylic oxidation sites excluding steroid dienone is 7. The molecule has 92 heavy (non-hydrogen) atoms. The van der Waals surface area contributed by atoms with E-state index >= 15 is 0 Å². The number of nitrogens with zero attached hydrogens (tertiary/aromatic N) is 1. The average molecular weight is 1320 g/mol. The summed E-state index contributed by atoms with van der Waals surface area (Å²) in [7, 11) is 1.56. The minimum Gasteiger partial charge on any atom is -0.387 e. The van der Waals surface area contributed by atoms with Gasteiger partial charge in [0.25, 0.3) is 0 Å².